The Morgan fingerprint density at radius 3 is 2.27 bits per heavy atom. The molecule has 8 atom stereocenters. The predicted octanol–water partition coefficient (Wildman–Crippen LogP) is 1.50. The number of aliphatic hydroxyl groups is 1. The molecule has 4 aliphatic carbocycles. The van der Waals surface area contributed by atoms with E-state index in [0.717, 1.165) is 24.8 Å². The van der Waals surface area contributed by atoms with Gasteiger partial charge in [0, 0.05) is 18.3 Å². The Balaban J connectivity index is 1.75. The number of nitrogens with zero attached hydrogens (tertiary/aromatic N) is 1. The molecule has 0 saturated heterocycles. The smallest absolute Gasteiger partial charge is 0.235 e. The molecule has 0 spiro atoms. The van der Waals surface area contributed by atoms with Crippen LogP contribution in [0.2, 0.25) is 0 Å². The lowest BCUT2D eigenvalue weighted by Crippen LogP contribution is -2.76. The Morgan fingerprint density at radius 1 is 1.05 bits per heavy atom. The molecule has 0 radical (unpaired) electrons. The molecule has 1 amide bonds. The lowest BCUT2D eigenvalue weighted by atomic mass is 9.46. The van der Waals surface area contributed by atoms with E-state index in [4.69, 9.17) is 5.73 Å². The van der Waals surface area contributed by atoms with E-state index >= 15 is 0 Å². The summed E-state index contributed by atoms with van der Waals surface area (Å²) in [5.74, 6) is -13.2. The first-order valence-electron chi connectivity index (χ1n) is 14.4. The van der Waals surface area contributed by atoms with Crippen LogP contribution in [0.25, 0.3) is 0 Å². The van der Waals surface area contributed by atoms with Crippen LogP contribution in [0.4, 0.5) is 0 Å². The van der Waals surface area contributed by atoms with Crippen molar-refractivity contribution in [3.05, 3.63) is 28.8 Å². The highest BCUT2D eigenvalue weighted by Crippen LogP contribution is 2.58. The van der Waals surface area contributed by atoms with Gasteiger partial charge in [-0.15, -0.1) is 0 Å². The second-order valence-corrected chi connectivity index (χ2v) is 12.7. The lowest BCUT2D eigenvalue weighted by Gasteiger charge is -2.57. The normalized spacial score (nSPS) is 35.6. The molecule has 4 aliphatic rings. The van der Waals surface area contributed by atoms with Gasteiger partial charge in [0.25, 0.3) is 0 Å². The molecule has 0 heterocycles. The van der Waals surface area contributed by atoms with Gasteiger partial charge in [-0.1, -0.05) is 32.3 Å². The van der Waals surface area contributed by atoms with Gasteiger partial charge in [-0.25, -0.2) is 0 Å². The topological polar surface area (TPSA) is 172 Å². The number of ketones is 5. The van der Waals surface area contributed by atoms with Gasteiger partial charge in [-0.3, -0.25) is 33.7 Å². The highest BCUT2D eigenvalue weighted by atomic mass is 16.3. The maximum atomic E-state index is 14.3. The Kier molecular flexibility index (Phi) is 7.31. The number of benzene rings is 1. The molecule has 10 nitrogen and oxygen atoms in total. The fourth-order valence-corrected chi connectivity index (χ4v) is 8.61. The number of primary amides is 1. The molecular formula is C31H38N2O8. The third-order valence-electron chi connectivity index (χ3n) is 10.4. The number of carbonyl (C=O) groups excluding carboxylic acids is 6. The molecule has 0 bridgehead atoms. The number of carbonyl (C=O) groups is 6. The maximum Gasteiger partial charge on any atom is 0.235 e. The van der Waals surface area contributed by atoms with E-state index in [2.05, 4.69) is 0 Å². The number of amides is 1. The summed E-state index contributed by atoms with van der Waals surface area (Å²) in [6, 6.07) is 1.76. The summed E-state index contributed by atoms with van der Waals surface area (Å²) in [5, 5.41) is 22.9. The molecule has 5 rings (SSSR count). The molecule has 0 aromatic heterocycles. The number of likely N-dealkylation sites (N-methyl/N-ethyl adjacent to an activating group) is 1. The minimum Gasteiger partial charge on any atom is -0.507 e. The van der Waals surface area contributed by atoms with Crippen LogP contribution in [0.1, 0.15) is 72.9 Å². The number of phenols is 1. The van der Waals surface area contributed by atoms with Crippen LogP contribution in [0.3, 0.4) is 0 Å². The van der Waals surface area contributed by atoms with Crippen molar-refractivity contribution in [3.63, 3.8) is 0 Å². The predicted molar refractivity (Wildman–Crippen MR) is 146 cm³/mol. The van der Waals surface area contributed by atoms with Gasteiger partial charge >= 0.3 is 0 Å². The molecule has 2 unspecified atom stereocenters. The molecule has 1 aromatic rings. The highest BCUT2D eigenvalue weighted by molar-refractivity contribution is 6.32. The standard InChI is InChI=1S/C31H38N2O8/c1-13-10-11-17(34)21-19(13)14(2)20-16(12-18(35)15-8-6-5-7-9-15)24-25(33(3)4)27(37)23(30(32)40)29(39)31(24,41)28(38)22(20)26(21)36/h10-11,14-16,20,22-25,34,41H,5-9,12H2,1-4H3,(H2,32,40)/t14-,16-,20-,22?,23?,24-,25-,31-/m0/s1. The number of rotatable bonds is 5. The van der Waals surface area contributed by atoms with Gasteiger partial charge in [0.2, 0.25) is 5.91 Å². The highest BCUT2D eigenvalue weighted by Gasteiger charge is 2.72. The van der Waals surface area contributed by atoms with E-state index in [1.165, 1.54) is 11.0 Å². The Bertz CT molecular complexity index is 1360. The van der Waals surface area contributed by atoms with Crippen LogP contribution in [-0.2, 0) is 24.0 Å². The molecule has 41 heavy (non-hydrogen) atoms. The van der Waals surface area contributed by atoms with Crippen LogP contribution >= 0.6 is 0 Å². The van der Waals surface area contributed by atoms with E-state index in [0.29, 0.717) is 18.4 Å². The first kappa shape index (κ1) is 29.3. The largest absolute Gasteiger partial charge is 0.507 e. The first-order valence-corrected chi connectivity index (χ1v) is 14.4. The van der Waals surface area contributed by atoms with Crippen LogP contribution in [0, 0.1) is 42.4 Å². The van der Waals surface area contributed by atoms with Crippen LogP contribution < -0.4 is 5.73 Å². The van der Waals surface area contributed by atoms with Gasteiger partial charge in [0.1, 0.15) is 11.5 Å². The van der Waals surface area contributed by atoms with Crippen molar-refractivity contribution in [1.82, 2.24) is 4.90 Å². The number of fused-ring (bicyclic) bond motifs is 3. The van der Waals surface area contributed by atoms with Crippen molar-refractivity contribution < 1.29 is 39.0 Å². The molecule has 0 aliphatic heterocycles. The molecule has 1 aromatic carbocycles. The number of hydrogen-bond acceptors (Lipinski definition) is 9. The Labute approximate surface area is 238 Å². The Hall–Kier alpha value is -3.24. The van der Waals surface area contributed by atoms with E-state index in [9.17, 15) is 39.0 Å². The average Bonchev–Trinajstić information content (AvgIpc) is 2.91. The summed E-state index contributed by atoms with van der Waals surface area (Å²) in [7, 11) is 3.08. The van der Waals surface area contributed by atoms with Crippen molar-refractivity contribution >= 4 is 34.8 Å². The number of Topliss-reactive ketones (excluding diaryl/α,β-unsaturated/α-hetero) is 5. The van der Waals surface area contributed by atoms with E-state index in [1.807, 2.05) is 6.92 Å². The van der Waals surface area contributed by atoms with Crippen molar-refractivity contribution in [3.8, 4) is 5.75 Å². The van der Waals surface area contributed by atoms with Gasteiger partial charge in [0.05, 0.1) is 17.5 Å². The van der Waals surface area contributed by atoms with Crippen LogP contribution in [0.15, 0.2) is 12.1 Å². The zero-order chi connectivity index (χ0) is 30.1. The minimum atomic E-state index is -2.90. The maximum absolute atomic E-state index is 14.3. The van der Waals surface area contributed by atoms with Crippen molar-refractivity contribution in [2.24, 2.45) is 41.2 Å². The summed E-state index contributed by atoms with van der Waals surface area (Å²) < 4.78 is 0. The molecule has 10 heteroatoms. The monoisotopic (exact) mass is 566 g/mol. The van der Waals surface area contributed by atoms with Crippen molar-refractivity contribution in [2.75, 3.05) is 14.1 Å². The van der Waals surface area contributed by atoms with Crippen LogP contribution in [0.5, 0.6) is 5.75 Å². The summed E-state index contributed by atoms with van der Waals surface area (Å²) >= 11 is 0. The van der Waals surface area contributed by atoms with E-state index in [1.54, 1.807) is 27.1 Å². The Morgan fingerprint density at radius 2 is 1.68 bits per heavy atom. The second kappa shape index (κ2) is 10.2. The van der Waals surface area contributed by atoms with Crippen LogP contribution in [-0.4, -0.2) is 75.7 Å². The average molecular weight is 567 g/mol. The number of nitrogens with two attached hydrogens (primary N) is 1. The van der Waals surface area contributed by atoms with Crippen molar-refractivity contribution in [1.29, 1.82) is 0 Å². The summed E-state index contributed by atoms with van der Waals surface area (Å²) in [4.78, 5) is 83.5. The number of aromatic hydroxyl groups is 1. The third-order valence-corrected chi connectivity index (χ3v) is 10.4. The lowest BCUT2D eigenvalue weighted by molar-refractivity contribution is -0.190. The van der Waals surface area contributed by atoms with Gasteiger partial charge in [-0.2, -0.15) is 0 Å². The zero-order valence-electron chi connectivity index (χ0n) is 23.9. The molecular weight excluding hydrogens is 528 g/mol. The van der Waals surface area contributed by atoms with E-state index in [-0.39, 0.29) is 29.4 Å². The second-order valence-electron chi connectivity index (χ2n) is 12.7. The molecule has 4 N–H and O–H groups in total. The molecule has 3 fully saturated rings. The fraction of sp³-hybridized carbons (Fsp3) is 0.613. The van der Waals surface area contributed by atoms with E-state index < -0.39 is 76.2 Å². The van der Waals surface area contributed by atoms with Gasteiger partial charge in [0.15, 0.2) is 34.7 Å². The number of hydrogen-bond donors (Lipinski definition) is 3. The summed E-state index contributed by atoms with van der Waals surface area (Å²) in [6.07, 6.45) is 4.10. The minimum absolute atomic E-state index is 0.0403. The first-order chi connectivity index (χ1) is 19.2. The van der Waals surface area contributed by atoms with Crippen molar-refractivity contribution in [2.45, 2.75) is 69.9 Å². The third kappa shape index (κ3) is 4.13. The fourth-order valence-electron chi connectivity index (χ4n) is 8.61. The number of phenolic OH excluding ortho intramolecular Hbond substituents is 1. The quantitative estimate of drug-likeness (QED) is 0.447. The molecule has 220 valence electrons. The SMILES string of the molecule is Cc1ccc(O)c2c1[C@H](C)[C@@H]1C(C2=O)C(=O)[C@]2(O)C(=O)C(C(N)=O)C(=O)[C@@H](N(C)C)[C@@H]2[C@H]1CC(=O)C1CCCCC1. The van der Waals surface area contributed by atoms with Gasteiger partial charge in [-0.05, 0) is 68.8 Å². The molecule has 3 saturated carbocycles. The zero-order valence-corrected chi connectivity index (χ0v) is 23.9. The summed E-state index contributed by atoms with van der Waals surface area (Å²) in [5.41, 5.74) is 3.79. The van der Waals surface area contributed by atoms with Gasteiger partial charge < -0.3 is 15.9 Å². The number of aryl methyl sites for hydroxylation is 1. The summed E-state index contributed by atoms with van der Waals surface area (Å²) in [6.45, 7) is 3.60.